The summed E-state index contributed by atoms with van der Waals surface area (Å²) in [7, 11) is 0. The topological polar surface area (TPSA) is 44.7 Å². The Balaban J connectivity index is 1.77. The predicted octanol–water partition coefficient (Wildman–Crippen LogP) is 4.29. The maximum absolute atomic E-state index is 12.5. The molecule has 2 aromatic carbocycles. The van der Waals surface area contributed by atoms with E-state index in [0.29, 0.717) is 34.7 Å². The molecule has 1 aliphatic heterocycles. The van der Waals surface area contributed by atoms with E-state index < -0.39 is 0 Å². The summed E-state index contributed by atoms with van der Waals surface area (Å²) in [6.45, 7) is 1.15. The van der Waals surface area contributed by atoms with Crippen molar-refractivity contribution in [2.75, 3.05) is 18.4 Å². The fourth-order valence-corrected chi connectivity index (χ4v) is 2.54. The van der Waals surface area contributed by atoms with E-state index in [1.807, 2.05) is 30.3 Å². The van der Waals surface area contributed by atoms with Crippen LogP contribution in [0.2, 0.25) is 10.0 Å². The lowest BCUT2D eigenvalue weighted by Crippen LogP contribution is -2.38. The molecule has 3 rings (SSSR count). The van der Waals surface area contributed by atoms with Crippen molar-refractivity contribution in [3.8, 4) is 0 Å². The molecule has 0 aliphatic carbocycles. The minimum Gasteiger partial charge on any atom is -0.307 e. The molecular weight excluding hydrogens is 321 g/mol. The Morgan fingerprint density at radius 3 is 2.59 bits per heavy atom. The van der Waals surface area contributed by atoms with Crippen LogP contribution in [0.3, 0.4) is 0 Å². The number of amidine groups is 1. The minimum absolute atomic E-state index is 0.238. The molecular formula is C16H13Cl2N3O. The van der Waals surface area contributed by atoms with Gasteiger partial charge in [0.15, 0.2) is 0 Å². The summed E-state index contributed by atoms with van der Waals surface area (Å²) in [5.74, 6) is 0.679. The first-order valence-electron chi connectivity index (χ1n) is 6.78. The Hall–Kier alpha value is -2.04. The van der Waals surface area contributed by atoms with Crippen molar-refractivity contribution in [2.24, 2.45) is 4.99 Å². The standard InChI is InChI=1S/C16H13Cl2N3O/c17-13-7-6-12(10-14(13)18)20-16(22)21-9-8-19-15(21)11-4-2-1-3-5-11/h1-7,10H,8-9H2,(H,20,22). The maximum Gasteiger partial charge on any atom is 0.327 e. The Labute approximate surface area is 138 Å². The molecule has 0 unspecified atom stereocenters. The van der Waals surface area contributed by atoms with Crippen LogP contribution in [-0.4, -0.2) is 29.9 Å². The molecule has 0 fully saturated rings. The highest BCUT2D eigenvalue weighted by Crippen LogP contribution is 2.25. The molecule has 6 heteroatoms. The molecule has 112 valence electrons. The highest BCUT2D eigenvalue weighted by Gasteiger charge is 2.24. The maximum atomic E-state index is 12.5. The van der Waals surface area contributed by atoms with Gasteiger partial charge in [-0.05, 0) is 18.2 Å². The zero-order valence-corrected chi connectivity index (χ0v) is 13.1. The molecule has 22 heavy (non-hydrogen) atoms. The summed E-state index contributed by atoms with van der Waals surface area (Å²) in [4.78, 5) is 18.5. The van der Waals surface area contributed by atoms with Crippen LogP contribution in [0.15, 0.2) is 53.5 Å². The number of hydrogen-bond donors (Lipinski definition) is 1. The lowest BCUT2D eigenvalue weighted by Gasteiger charge is -2.19. The zero-order valence-electron chi connectivity index (χ0n) is 11.6. The van der Waals surface area contributed by atoms with E-state index in [2.05, 4.69) is 10.3 Å². The summed E-state index contributed by atoms with van der Waals surface area (Å²) in [6.07, 6.45) is 0. The van der Waals surface area contributed by atoms with Crippen LogP contribution in [0.1, 0.15) is 5.56 Å². The van der Waals surface area contributed by atoms with Gasteiger partial charge >= 0.3 is 6.03 Å². The molecule has 2 aromatic rings. The third-order valence-electron chi connectivity index (χ3n) is 3.29. The van der Waals surface area contributed by atoms with Gasteiger partial charge in [0.25, 0.3) is 0 Å². The van der Waals surface area contributed by atoms with Crippen molar-refractivity contribution in [3.63, 3.8) is 0 Å². The van der Waals surface area contributed by atoms with Gasteiger partial charge in [0.2, 0.25) is 0 Å². The second-order valence-corrected chi connectivity index (χ2v) is 5.60. The van der Waals surface area contributed by atoms with E-state index >= 15 is 0 Å². The smallest absolute Gasteiger partial charge is 0.307 e. The van der Waals surface area contributed by atoms with Crippen LogP contribution >= 0.6 is 23.2 Å². The van der Waals surface area contributed by atoms with Crippen molar-refractivity contribution >= 4 is 40.8 Å². The summed E-state index contributed by atoms with van der Waals surface area (Å²) in [6, 6.07) is 14.4. The van der Waals surface area contributed by atoms with Gasteiger partial charge in [0.1, 0.15) is 5.84 Å². The van der Waals surface area contributed by atoms with Crippen LogP contribution in [0.25, 0.3) is 0 Å². The number of aliphatic imine (C=N–C) groups is 1. The Kier molecular flexibility index (Phi) is 4.32. The number of nitrogens with one attached hydrogen (secondary N) is 1. The van der Waals surface area contributed by atoms with Crippen molar-refractivity contribution in [1.29, 1.82) is 0 Å². The average Bonchev–Trinajstić information content (AvgIpc) is 3.01. The van der Waals surface area contributed by atoms with Gasteiger partial charge in [-0.15, -0.1) is 0 Å². The van der Waals surface area contributed by atoms with Crippen LogP contribution < -0.4 is 5.32 Å². The highest BCUT2D eigenvalue weighted by molar-refractivity contribution is 6.42. The average molecular weight is 334 g/mol. The second kappa shape index (κ2) is 6.38. The molecule has 0 saturated carbocycles. The summed E-state index contributed by atoms with van der Waals surface area (Å²) < 4.78 is 0. The number of carbonyl (C=O) groups is 1. The molecule has 1 heterocycles. The third kappa shape index (κ3) is 3.08. The quantitative estimate of drug-likeness (QED) is 0.875. The molecule has 4 nitrogen and oxygen atoms in total. The fourth-order valence-electron chi connectivity index (χ4n) is 2.24. The summed E-state index contributed by atoms with van der Waals surface area (Å²) in [5, 5.41) is 3.67. The molecule has 0 bridgehead atoms. The fraction of sp³-hybridized carbons (Fsp3) is 0.125. The number of benzene rings is 2. The zero-order chi connectivity index (χ0) is 15.5. The Bertz CT molecular complexity index is 731. The van der Waals surface area contributed by atoms with Gasteiger partial charge in [-0.1, -0.05) is 53.5 Å². The number of amides is 2. The number of halogens is 2. The Morgan fingerprint density at radius 2 is 1.86 bits per heavy atom. The van der Waals surface area contributed by atoms with E-state index in [4.69, 9.17) is 23.2 Å². The van der Waals surface area contributed by atoms with Crippen LogP contribution in [-0.2, 0) is 0 Å². The van der Waals surface area contributed by atoms with Crippen molar-refractivity contribution in [2.45, 2.75) is 0 Å². The van der Waals surface area contributed by atoms with E-state index in [9.17, 15) is 4.79 Å². The molecule has 0 spiro atoms. The highest BCUT2D eigenvalue weighted by atomic mass is 35.5. The second-order valence-electron chi connectivity index (χ2n) is 4.78. The number of nitrogens with zero attached hydrogens (tertiary/aromatic N) is 2. The van der Waals surface area contributed by atoms with E-state index in [0.717, 1.165) is 5.56 Å². The van der Waals surface area contributed by atoms with Gasteiger partial charge in [0.05, 0.1) is 16.6 Å². The number of urea groups is 1. The monoisotopic (exact) mass is 333 g/mol. The normalized spacial score (nSPS) is 13.9. The van der Waals surface area contributed by atoms with E-state index in [-0.39, 0.29) is 6.03 Å². The molecule has 1 aliphatic rings. The first-order chi connectivity index (χ1) is 10.6. The lowest BCUT2D eigenvalue weighted by molar-refractivity contribution is 0.236. The number of rotatable bonds is 2. The number of carbonyl (C=O) groups excluding carboxylic acids is 1. The summed E-state index contributed by atoms with van der Waals surface area (Å²) in [5.41, 5.74) is 1.52. The summed E-state index contributed by atoms with van der Waals surface area (Å²) >= 11 is 11.8. The largest absolute Gasteiger partial charge is 0.327 e. The Morgan fingerprint density at radius 1 is 1.09 bits per heavy atom. The van der Waals surface area contributed by atoms with Crippen molar-refractivity contribution < 1.29 is 4.79 Å². The molecule has 1 N–H and O–H groups in total. The third-order valence-corrected chi connectivity index (χ3v) is 4.03. The number of hydrogen-bond acceptors (Lipinski definition) is 2. The van der Waals surface area contributed by atoms with Gasteiger partial charge < -0.3 is 5.32 Å². The van der Waals surface area contributed by atoms with Gasteiger partial charge in [-0.2, -0.15) is 0 Å². The van der Waals surface area contributed by atoms with Crippen LogP contribution in [0.5, 0.6) is 0 Å². The molecule has 2 amide bonds. The molecule has 0 saturated heterocycles. The first kappa shape index (κ1) is 14.9. The van der Waals surface area contributed by atoms with Gasteiger partial charge in [-0.3, -0.25) is 9.89 Å². The van der Waals surface area contributed by atoms with Crippen LogP contribution in [0, 0.1) is 0 Å². The number of anilines is 1. The van der Waals surface area contributed by atoms with Gasteiger partial charge in [0, 0.05) is 17.8 Å². The molecule has 0 aromatic heterocycles. The van der Waals surface area contributed by atoms with E-state index in [1.54, 1.807) is 23.1 Å². The molecule has 0 radical (unpaired) electrons. The molecule has 0 atom stereocenters. The first-order valence-corrected chi connectivity index (χ1v) is 7.54. The predicted molar refractivity (Wildman–Crippen MR) is 90.0 cm³/mol. The van der Waals surface area contributed by atoms with Gasteiger partial charge in [-0.25, -0.2) is 4.79 Å². The van der Waals surface area contributed by atoms with Crippen LogP contribution in [0.4, 0.5) is 10.5 Å². The van der Waals surface area contributed by atoms with E-state index in [1.165, 1.54) is 0 Å². The SMILES string of the molecule is O=C(Nc1ccc(Cl)c(Cl)c1)N1CCN=C1c1ccccc1. The lowest BCUT2D eigenvalue weighted by atomic mass is 10.2. The van der Waals surface area contributed by atoms with Crippen molar-refractivity contribution in [1.82, 2.24) is 4.90 Å². The minimum atomic E-state index is -0.238. The van der Waals surface area contributed by atoms with Crippen molar-refractivity contribution in [3.05, 3.63) is 64.1 Å².